The van der Waals surface area contributed by atoms with E-state index in [1.165, 1.54) is 72.8 Å². The van der Waals surface area contributed by atoms with E-state index in [1.54, 1.807) is 24.3 Å². The Bertz CT molecular complexity index is 1380. The highest BCUT2D eigenvalue weighted by Crippen LogP contribution is 2.25. The standard InChI is InChI=1S/C24H20N2O6S2/c27-21-9-5-19(6-10-21)25-33(29,30)23-13-1-17(2-14-23)18-3-15-24(16-4-18)34(31,32)26-20-7-11-22(28)12-8-20/h1-16,25-28H. The van der Waals surface area contributed by atoms with Gasteiger partial charge in [-0.3, -0.25) is 9.44 Å². The SMILES string of the molecule is O=S(=O)(Nc1ccc(O)cc1)c1ccc(-c2ccc(S(=O)(=O)Nc3ccc(O)cc3)cc2)cc1. The number of benzene rings is 4. The first-order valence-electron chi connectivity index (χ1n) is 9.97. The van der Waals surface area contributed by atoms with Gasteiger partial charge in [0, 0.05) is 11.4 Å². The third-order valence-electron chi connectivity index (χ3n) is 4.90. The number of phenolic OH excluding ortho intramolecular Hbond substituents is 2. The van der Waals surface area contributed by atoms with Gasteiger partial charge in [0.1, 0.15) is 11.5 Å². The molecule has 4 rings (SSSR count). The normalized spacial score (nSPS) is 11.6. The van der Waals surface area contributed by atoms with Crippen LogP contribution < -0.4 is 9.44 Å². The number of anilines is 2. The number of sulfonamides is 2. The summed E-state index contributed by atoms with van der Waals surface area (Å²) in [5.74, 6) is 0.0597. The van der Waals surface area contributed by atoms with Crippen molar-refractivity contribution in [2.24, 2.45) is 0 Å². The van der Waals surface area contributed by atoms with Crippen LogP contribution in [0.1, 0.15) is 0 Å². The number of phenols is 2. The van der Waals surface area contributed by atoms with Crippen LogP contribution in [0.2, 0.25) is 0 Å². The highest BCUT2D eigenvalue weighted by molar-refractivity contribution is 7.93. The Morgan fingerprint density at radius 2 is 0.735 bits per heavy atom. The largest absolute Gasteiger partial charge is 0.508 e. The van der Waals surface area contributed by atoms with Gasteiger partial charge in [-0.2, -0.15) is 0 Å². The van der Waals surface area contributed by atoms with E-state index in [0.717, 1.165) is 0 Å². The van der Waals surface area contributed by atoms with E-state index in [2.05, 4.69) is 9.44 Å². The summed E-state index contributed by atoms with van der Waals surface area (Å²) in [5.41, 5.74) is 2.05. The summed E-state index contributed by atoms with van der Waals surface area (Å²) < 4.78 is 55.3. The van der Waals surface area contributed by atoms with Gasteiger partial charge < -0.3 is 10.2 Å². The average molecular weight is 497 g/mol. The molecule has 4 aromatic rings. The van der Waals surface area contributed by atoms with Gasteiger partial charge in [-0.1, -0.05) is 24.3 Å². The maximum absolute atomic E-state index is 12.6. The monoisotopic (exact) mass is 496 g/mol. The third-order valence-corrected chi connectivity index (χ3v) is 7.70. The highest BCUT2D eigenvalue weighted by atomic mass is 32.2. The zero-order chi connectivity index (χ0) is 24.3. The van der Waals surface area contributed by atoms with Crippen LogP contribution in [-0.2, 0) is 20.0 Å². The predicted octanol–water partition coefficient (Wildman–Crippen LogP) is 4.37. The first-order chi connectivity index (χ1) is 16.1. The minimum atomic E-state index is -3.82. The second-order valence-electron chi connectivity index (χ2n) is 7.35. The number of nitrogens with one attached hydrogen (secondary N) is 2. The summed E-state index contributed by atoms with van der Waals surface area (Å²) >= 11 is 0. The maximum Gasteiger partial charge on any atom is 0.261 e. The Kier molecular flexibility index (Phi) is 6.18. The lowest BCUT2D eigenvalue weighted by Gasteiger charge is -2.10. The van der Waals surface area contributed by atoms with E-state index in [9.17, 15) is 27.0 Å². The van der Waals surface area contributed by atoms with E-state index >= 15 is 0 Å². The van der Waals surface area contributed by atoms with Crippen molar-refractivity contribution in [3.05, 3.63) is 97.1 Å². The molecular weight excluding hydrogens is 476 g/mol. The van der Waals surface area contributed by atoms with Gasteiger partial charge in [0.2, 0.25) is 0 Å². The van der Waals surface area contributed by atoms with Gasteiger partial charge in [0.15, 0.2) is 0 Å². The lowest BCUT2D eigenvalue weighted by Crippen LogP contribution is -2.13. The molecule has 0 aliphatic carbocycles. The Labute approximate surface area is 197 Å². The molecule has 0 unspecified atom stereocenters. The van der Waals surface area contributed by atoms with Crippen molar-refractivity contribution >= 4 is 31.4 Å². The fraction of sp³-hybridized carbons (Fsp3) is 0. The third kappa shape index (κ3) is 5.30. The molecule has 0 spiro atoms. The molecule has 0 aliphatic heterocycles. The molecule has 4 aromatic carbocycles. The quantitative estimate of drug-likeness (QED) is 0.281. The lowest BCUT2D eigenvalue weighted by molar-refractivity contribution is 0.475. The fourth-order valence-electron chi connectivity index (χ4n) is 3.14. The zero-order valence-electron chi connectivity index (χ0n) is 17.6. The molecule has 10 heteroatoms. The van der Waals surface area contributed by atoms with Gasteiger partial charge >= 0.3 is 0 Å². The van der Waals surface area contributed by atoms with E-state index in [0.29, 0.717) is 22.5 Å². The van der Waals surface area contributed by atoms with E-state index in [4.69, 9.17) is 0 Å². The molecule has 8 nitrogen and oxygen atoms in total. The molecule has 0 saturated carbocycles. The van der Waals surface area contributed by atoms with Crippen molar-refractivity contribution in [1.82, 2.24) is 0 Å². The summed E-state index contributed by atoms with van der Waals surface area (Å²) in [7, 11) is -7.64. The van der Waals surface area contributed by atoms with Crippen LogP contribution in [0.15, 0.2) is 107 Å². The summed E-state index contributed by atoms with van der Waals surface area (Å²) in [6.45, 7) is 0. The molecular formula is C24H20N2O6S2. The Morgan fingerprint density at radius 3 is 1.03 bits per heavy atom. The number of hydrogen-bond acceptors (Lipinski definition) is 6. The van der Waals surface area contributed by atoms with Crippen LogP contribution in [0.25, 0.3) is 11.1 Å². The fourth-order valence-corrected chi connectivity index (χ4v) is 5.26. The summed E-state index contributed by atoms with van der Waals surface area (Å²) in [4.78, 5) is 0.114. The number of rotatable bonds is 7. The first-order valence-corrected chi connectivity index (χ1v) is 12.9. The van der Waals surface area contributed by atoms with Gasteiger partial charge in [-0.25, -0.2) is 16.8 Å². The van der Waals surface area contributed by atoms with Crippen LogP contribution in [-0.4, -0.2) is 27.0 Å². The van der Waals surface area contributed by atoms with Gasteiger partial charge in [0.05, 0.1) is 9.79 Å². The van der Waals surface area contributed by atoms with Crippen molar-refractivity contribution in [3.8, 4) is 22.6 Å². The molecule has 174 valence electrons. The highest BCUT2D eigenvalue weighted by Gasteiger charge is 2.16. The van der Waals surface area contributed by atoms with Crippen molar-refractivity contribution in [2.45, 2.75) is 9.79 Å². The van der Waals surface area contributed by atoms with Crippen molar-refractivity contribution in [2.75, 3.05) is 9.44 Å². The smallest absolute Gasteiger partial charge is 0.261 e. The Morgan fingerprint density at radius 1 is 0.441 bits per heavy atom. The van der Waals surface area contributed by atoms with Crippen LogP contribution in [0.4, 0.5) is 11.4 Å². The van der Waals surface area contributed by atoms with E-state index in [-0.39, 0.29) is 21.3 Å². The first kappa shape index (κ1) is 23.1. The van der Waals surface area contributed by atoms with Gasteiger partial charge in [-0.05, 0) is 83.9 Å². The summed E-state index contributed by atoms with van der Waals surface area (Å²) in [5, 5.41) is 18.7. The average Bonchev–Trinajstić information content (AvgIpc) is 2.82. The molecule has 0 bridgehead atoms. The second kappa shape index (κ2) is 9.08. The molecule has 0 atom stereocenters. The van der Waals surface area contributed by atoms with Crippen LogP contribution in [0.5, 0.6) is 11.5 Å². The summed E-state index contributed by atoms with van der Waals surface area (Å²) in [6, 6.07) is 23.7. The van der Waals surface area contributed by atoms with Gasteiger partial charge in [0.25, 0.3) is 20.0 Å². The Hall–Kier alpha value is -4.02. The van der Waals surface area contributed by atoms with Crippen LogP contribution in [0.3, 0.4) is 0 Å². The molecule has 0 aliphatic rings. The molecule has 0 radical (unpaired) electrons. The minimum absolute atomic E-state index is 0.0299. The Balaban J connectivity index is 1.49. The van der Waals surface area contributed by atoms with Crippen molar-refractivity contribution in [3.63, 3.8) is 0 Å². The van der Waals surface area contributed by atoms with Crippen LogP contribution >= 0.6 is 0 Å². The van der Waals surface area contributed by atoms with Crippen molar-refractivity contribution < 1.29 is 27.0 Å². The topological polar surface area (TPSA) is 133 Å². The molecule has 0 heterocycles. The molecule has 0 fully saturated rings. The zero-order valence-corrected chi connectivity index (χ0v) is 19.2. The second-order valence-corrected chi connectivity index (χ2v) is 10.7. The molecule has 0 aromatic heterocycles. The minimum Gasteiger partial charge on any atom is -0.508 e. The molecule has 0 saturated heterocycles. The summed E-state index contributed by atoms with van der Waals surface area (Å²) in [6.07, 6.45) is 0. The van der Waals surface area contributed by atoms with Gasteiger partial charge in [-0.15, -0.1) is 0 Å². The van der Waals surface area contributed by atoms with E-state index in [1.807, 2.05) is 0 Å². The van der Waals surface area contributed by atoms with Crippen LogP contribution in [0, 0.1) is 0 Å². The predicted molar refractivity (Wildman–Crippen MR) is 130 cm³/mol. The maximum atomic E-state index is 12.6. The number of hydrogen-bond donors (Lipinski definition) is 4. The molecule has 4 N–H and O–H groups in total. The van der Waals surface area contributed by atoms with E-state index < -0.39 is 20.0 Å². The number of aromatic hydroxyl groups is 2. The lowest BCUT2D eigenvalue weighted by atomic mass is 10.1. The molecule has 34 heavy (non-hydrogen) atoms. The van der Waals surface area contributed by atoms with Crippen molar-refractivity contribution in [1.29, 1.82) is 0 Å². The molecule has 0 amide bonds.